The van der Waals surface area contributed by atoms with Crippen LogP contribution in [0.2, 0.25) is 0 Å². The summed E-state index contributed by atoms with van der Waals surface area (Å²) in [5.41, 5.74) is 2.58. The Morgan fingerprint density at radius 3 is 2.47 bits per heavy atom. The first-order chi connectivity index (χ1) is 16.1. The van der Waals surface area contributed by atoms with Crippen molar-refractivity contribution in [1.29, 1.82) is 0 Å². The highest BCUT2D eigenvalue weighted by atomic mass is 35.5. The number of carbonyl (C=O) groups is 1. The third-order valence-corrected chi connectivity index (χ3v) is 5.44. The zero-order valence-electron chi connectivity index (χ0n) is 19.3. The Bertz CT molecular complexity index is 1040. The van der Waals surface area contributed by atoms with Gasteiger partial charge in [0.05, 0.1) is 14.2 Å². The number of benzene rings is 2. The summed E-state index contributed by atoms with van der Waals surface area (Å²) in [6.07, 6.45) is 1.11. The van der Waals surface area contributed by atoms with E-state index < -0.39 is 0 Å². The van der Waals surface area contributed by atoms with Crippen LogP contribution in [0, 0.1) is 0 Å². The van der Waals surface area contributed by atoms with Crippen LogP contribution in [-0.4, -0.2) is 56.5 Å². The number of halogens is 1. The number of anilines is 2. The van der Waals surface area contributed by atoms with Gasteiger partial charge < -0.3 is 29.7 Å². The molecule has 0 saturated carbocycles. The maximum Gasteiger partial charge on any atom is 0.256 e. The molecule has 0 bridgehead atoms. The van der Waals surface area contributed by atoms with Crippen LogP contribution in [0.1, 0.15) is 22.3 Å². The van der Waals surface area contributed by atoms with Gasteiger partial charge in [0.1, 0.15) is 23.9 Å². The summed E-state index contributed by atoms with van der Waals surface area (Å²) >= 11 is 0. The minimum absolute atomic E-state index is 0. The van der Waals surface area contributed by atoms with Crippen LogP contribution in [0.5, 0.6) is 17.4 Å². The van der Waals surface area contributed by atoms with E-state index in [1.165, 1.54) is 0 Å². The molecule has 1 amide bonds. The average molecular weight is 488 g/mol. The van der Waals surface area contributed by atoms with Gasteiger partial charge in [0.25, 0.3) is 5.91 Å². The molecule has 10 heteroatoms. The number of amides is 1. The fourth-order valence-electron chi connectivity index (χ4n) is 3.67. The highest BCUT2D eigenvalue weighted by Crippen LogP contribution is 2.24. The lowest BCUT2D eigenvalue weighted by atomic mass is 10.1. The van der Waals surface area contributed by atoms with E-state index >= 15 is 0 Å². The lowest BCUT2D eigenvalue weighted by molar-refractivity contribution is 0.102. The van der Waals surface area contributed by atoms with Crippen molar-refractivity contribution >= 4 is 29.8 Å². The van der Waals surface area contributed by atoms with E-state index in [-0.39, 0.29) is 24.9 Å². The van der Waals surface area contributed by atoms with Gasteiger partial charge >= 0.3 is 0 Å². The highest BCUT2D eigenvalue weighted by molar-refractivity contribution is 6.04. The Labute approximate surface area is 205 Å². The largest absolute Gasteiger partial charge is 0.497 e. The second-order valence-corrected chi connectivity index (χ2v) is 7.72. The molecule has 0 spiro atoms. The zero-order chi connectivity index (χ0) is 23.0. The number of aromatic nitrogens is 2. The van der Waals surface area contributed by atoms with Gasteiger partial charge in [-0.15, -0.1) is 17.5 Å². The predicted octanol–water partition coefficient (Wildman–Crippen LogP) is 3.48. The molecule has 3 aromatic rings. The van der Waals surface area contributed by atoms with Gasteiger partial charge in [0, 0.05) is 43.0 Å². The zero-order valence-corrected chi connectivity index (χ0v) is 20.1. The lowest BCUT2D eigenvalue weighted by Gasteiger charge is -2.22. The van der Waals surface area contributed by atoms with Crippen molar-refractivity contribution < 1.29 is 19.0 Å². The maximum atomic E-state index is 12.6. The summed E-state index contributed by atoms with van der Waals surface area (Å²) in [7, 11) is 3.20. The van der Waals surface area contributed by atoms with E-state index in [4.69, 9.17) is 14.2 Å². The summed E-state index contributed by atoms with van der Waals surface area (Å²) in [6.45, 7) is 4.26. The van der Waals surface area contributed by atoms with Gasteiger partial charge in [-0.2, -0.15) is 0 Å². The molecule has 182 valence electrons. The van der Waals surface area contributed by atoms with Crippen molar-refractivity contribution in [3.8, 4) is 17.4 Å². The van der Waals surface area contributed by atoms with Crippen LogP contribution in [0.15, 0.2) is 48.5 Å². The topological polar surface area (TPSA) is 101 Å². The molecule has 0 atom stereocenters. The molecule has 3 N–H and O–H groups in total. The first-order valence-corrected chi connectivity index (χ1v) is 10.9. The molecule has 1 aliphatic rings. The molecule has 0 radical (unpaired) electrons. The summed E-state index contributed by atoms with van der Waals surface area (Å²) in [6, 6.07) is 14.8. The monoisotopic (exact) mass is 487 g/mol. The fraction of sp³-hybridized carbons (Fsp3) is 0.333. The third-order valence-electron chi connectivity index (χ3n) is 5.44. The molecule has 1 saturated heterocycles. The number of hydrogen-bond acceptors (Lipinski definition) is 7. The number of aromatic amines is 1. The number of ether oxygens (including phenoxy) is 3. The Morgan fingerprint density at radius 1 is 1.03 bits per heavy atom. The van der Waals surface area contributed by atoms with E-state index in [2.05, 4.69) is 25.7 Å². The van der Waals surface area contributed by atoms with Crippen molar-refractivity contribution in [1.82, 2.24) is 15.5 Å². The smallest absolute Gasteiger partial charge is 0.256 e. The second-order valence-electron chi connectivity index (χ2n) is 7.72. The van der Waals surface area contributed by atoms with Gasteiger partial charge in [-0.3, -0.25) is 9.89 Å². The normalized spacial score (nSPS) is 13.4. The number of nitrogens with zero attached hydrogens (tertiary/aromatic N) is 2. The molecular formula is C24H30ClN5O4. The lowest BCUT2D eigenvalue weighted by Crippen LogP contribution is -2.27. The number of carbonyl (C=O) groups excluding carboxylic acids is 1. The fourth-order valence-corrected chi connectivity index (χ4v) is 3.67. The van der Waals surface area contributed by atoms with Gasteiger partial charge in [0.2, 0.25) is 5.88 Å². The SMILES string of the molecule is COc1cc(COc2cc(NC(=O)c3ccc(N4CCCNCC4)cc3)[nH]n2)cc(OC)c1.Cl. The Morgan fingerprint density at radius 2 is 1.76 bits per heavy atom. The van der Waals surface area contributed by atoms with Gasteiger partial charge in [-0.05, 0) is 54.9 Å². The van der Waals surface area contributed by atoms with Gasteiger partial charge in [0.15, 0.2) is 0 Å². The summed E-state index contributed by atoms with van der Waals surface area (Å²) < 4.78 is 16.3. The summed E-state index contributed by atoms with van der Waals surface area (Å²) in [4.78, 5) is 15.0. The van der Waals surface area contributed by atoms with E-state index in [0.717, 1.165) is 43.9 Å². The van der Waals surface area contributed by atoms with Gasteiger partial charge in [-0.25, -0.2) is 0 Å². The second kappa shape index (κ2) is 12.2. The van der Waals surface area contributed by atoms with E-state index in [1.54, 1.807) is 26.4 Å². The van der Waals surface area contributed by atoms with Crippen LogP contribution in [0.25, 0.3) is 0 Å². The van der Waals surface area contributed by atoms with Crippen molar-refractivity contribution in [2.75, 3.05) is 50.6 Å². The van der Waals surface area contributed by atoms with Crippen LogP contribution in [-0.2, 0) is 6.61 Å². The molecule has 0 unspecified atom stereocenters. The summed E-state index contributed by atoms with van der Waals surface area (Å²) in [5, 5.41) is 13.1. The molecule has 2 heterocycles. The molecule has 34 heavy (non-hydrogen) atoms. The number of rotatable bonds is 8. The van der Waals surface area contributed by atoms with Crippen LogP contribution < -0.4 is 29.7 Å². The van der Waals surface area contributed by atoms with E-state index in [9.17, 15) is 4.79 Å². The Hall–Kier alpha value is -3.43. The molecule has 2 aromatic carbocycles. The number of nitrogens with one attached hydrogen (secondary N) is 3. The van der Waals surface area contributed by atoms with E-state index in [0.29, 0.717) is 28.8 Å². The minimum atomic E-state index is -0.216. The summed E-state index contributed by atoms with van der Waals surface area (Å²) in [5.74, 6) is 1.98. The molecule has 1 fully saturated rings. The molecular weight excluding hydrogens is 458 g/mol. The highest BCUT2D eigenvalue weighted by Gasteiger charge is 2.13. The number of H-pyrrole nitrogens is 1. The molecule has 0 aliphatic carbocycles. The predicted molar refractivity (Wildman–Crippen MR) is 134 cm³/mol. The number of methoxy groups -OCH3 is 2. The van der Waals surface area contributed by atoms with Crippen molar-refractivity contribution in [3.05, 3.63) is 59.7 Å². The molecule has 1 aliphatic heterocycles. The van der Waals surface area contributed by atoms with Crippen molar-refractivity contribution in [2.45, 2.75) is 13.0 Å². The van der Waals surface area contributed by atoms with E-state index in [1.807, 2.05) is 36.4 Å². The Balaban J connectivity index is 0.00000324. The first-order valence-electron chi connectivity index (χ1n) is 10.9. The van der Waals surface area contributed by atoms with Crippen molar-refractivity contribution in [3.63, 3.8) is 0 Å². The van der Waals surface area contributed by atoms with Gasteiger partial charge in [-0.1, -0.05) is 0 Å². The maximum absolute atomic E-state index is 12.6. The first kappa shape index (κ1) is 25.2. The third kappa shape index (κ3) is 6.55. The molecule has 4 rings (SSSR count). The molecule has 1 aromatic heterocycles. The molecule has 9 nitrogen and oxygen atoms in total. The quantitative estimate of drug-likeness (QED) is 0.447. The standard InChI is InChI=1S/C24H29N5O4.ClH/c1-31-20-12-17(13-21(14-20)32-2)16-33-23-15-22(27-28-23)26-24(30)18-4-6-19(7-5-18)29-10-3-8-25-9-11-29;/h4-7,12-15,25H,3,8-11,16H2,1-2H3,(H2,26,27,28,30);1H. The van der Waals surface area contributed by atoms with Crippen molar-refractivity contribution in [2.24, 2.45) is 0 Å². The Kier molecular flexibility index (Phi) is 9.00. The average Bonchev–Trinajstić information content (AvgIpc) is 3.12. The van der Waals surface area contributed by atoms with Crippen LogP contribution in [0.3, 0.4) is 0 Å². The van der Waals surface area contributed by atoms with Crippen LogP contribution in [0.4, 0.5) is 11.5 Å². The van der Waals surface area contributed by atoms with Crippen LogP contribution >= 0.6 is 12.4 Å². The number of hydrogen-bond donors (Lipinski definition) is 3. The minimum Gasteiger partial charge on any atom is -0.497 e.